The van der Waals surface area contributed by atoms with Gasteiger partial charge in [-0.2, -0.15) is 0 Å². The molecule has 0 aromatic heterocycles. The molecule has 5 heteroatoms. The van der Waals surface area contributed by atoms with Crippen LogP contribution in [0.3, 0.4) is 0 Å². The summed E-state index contributed by atoms with van der Waals surface area (Å²) < 4.78 is 5.66. The SMILES string of the molecule is CN(C)CC(C)(C)COc1ccc([N+](=O)[O-])cc1. The van der Waals surface area contributed by atoms with E-state index in [1.54, 1.807) is 12.1 Å². The van der Waals surface area contributed by atoms with Crippen LogP contribution in [0, 0.1) is 15.5 Å². The molecule has 0 aliphatic rings. The van der Waals surface area contributed by atoms with E-state index in [9.17, 15) is 10.1 Å². The van der Waals surface area contributed by atoms with Gasteiger partial charge in [-0.3, -0.25) is 10.1 Å². The highest BCUT2D eigenvalue weighted by Gasteiger charge is 2.20. The zero-order valence-corrected chi connectivity index (χ0v) is 11.3. The van der Waals surface area contributed by atoms with E-state index in [4.69, 9.17) is 4.74 Å². The second-order valence-electron chi connectivity index (χ2n) is 5.44. The Kier molecular flexibility index (Phi) is 4.67. The molecule has 1 aromatic carbocycles. The molecule has 5 nitrogen and oxygen atoms in total. The maximum atomic E-state index is 10.5. The van der Waals surface area contributed by atoms with Crippen LogP contribution in [-0.4, -0.2) is 37.1 Å². The summed E-state index contributed by atoms with van der Waals surface area (Å²) in [6, 6.07) is 6.16. The van der Waals surface area contributed by atoms with Gasteiger partial charge in [0.25, 0.3) is 5.69 Å². The van der Waals surface area contributed by atoms with Crippen LogP contribution < -0.4 is 4.74 Å². The van der Waals surface area contributed by atoms with Crippen LogP contribution in [0.1, 0.15) is 13.8 Å². The minimum absolute atomic E-state index is 0.0330. The van der Waals surface area contributed by atoms with Crippen molar-refractivity contribution in [2.24, 2.45) is 5.41 Å². The van der Waals surface area contributed by atoms with Crippen molar-refractivity contribution in [1.82, 2.24) is 4.90 Å². The summed E-state index contributed by atoms with van der Waals surface area (Å²) in [4.78, 5) is 12.2. The zero-order valence-electron chi connectivity index (χ0n) is 11.3. The van der Waals surface area contributed by atoms with Gasteiger partial charge in [-0.1, -0.05) is 13.8 Å². The summed E-state index contributed by atoms with van der Waals surface area (Å²) >= 11 is 0. The first-order chi connectivity index (χ1) is 8.30. The summed E-state index contributed by atoms with van der Waals surface area (Å²) in [7, 11) is 4.04. The second-order valence-corrected chi connectivity index (χ2v) is 5.44. The molecule has 0 fully saturated rings. The quantitative estimate of drug-likeness (QED) is 0.576. The molecule has 0 radical (unpaired) electrons. The third kappa shape index (κ3) is 4.71. The molecule has 0 spiro atoms. The standard InChI is InChI=1S/C13H20N2O3/c1-13(2,9-14(3)4)10-18-12-7-5-11(6-8-12)15(16)17/h5-8H,9-10H2,1-4H3. The Hall–Kier alpha value is -1.62. The normalized spacial score (nSPS) is 11.6. The Morgan fingerprint density at radius 1 is 1.28 bits per heavy atom. The van der Waals surface area contributed by atoms with E-state index < -0.39 is 4.92 Å². The Morgan fingerprint density at radius 2 is 1.83 bits per heavy atom. The van der Waals surface area contributed by atoms with Crippen LogP contribution in [0.2, 0.25) is 0 Å². The Labute approximate surface area is 108 Å². The van der Waals surface area contributed by atoms with E-state index in [1.165, 1.54) is 12.1 Å². The number of nitrogens with zero attached hydrogens (tertiary/aromatic N) is 2. The number of hydrogen-bond acceptors (Lipinski definition) is 4. The highest BCUT2D eigenvalue weighted by atomic mass is 16.6. The first kappa shape index (κ1) is 14.4. The average Bonchev–Trinajstić information content (AvgIpc) is 2.25. The van der Waals surface area contributed by atoms with Gasteiger partial charge in [-0.05, 0) is 26.2 Å². The minimum atomic E-state index is -0.417. The van der Waals surface area contributed by atoms with Crippen molar-refractivity contribution in [2.45, 2.75) is 13.8 Å². The lowest BCUT2D eigenvalue weighted by Crippen LogP contribution is -2.33. The Bertz CT molecular complexity index is 399. The highest BCUT2D eigenvalue weighted by molar-refractivity contribution is 5.35. The molecule has 1 aromatic rings. The van der Waals surface area contributed by atoms with Gasteiger partial charge in [0, 0.05) is 24.1 Å². The van der Waals surface area contributed by atoms with Crippen LogP contribution in [-0.2, 0) is 0 Å². The van der Waals surface area contributed by atoms with E-state index in [2.05, 4.69) is 18.7 Å². The van der Waals surface area contributed by atoms with Crippen LogP contribution in [0.4, 0.5) is 5.69 Å². The summed E-state index contributed by atoms with van der Waals surface area (Å²) in [5.74, 6) is 0.660. The molecule has 0 N–H and O–H groups in total. The van der Waals surface area contributed by atoms with Crippen molar-refractivity contribution in [3.05, 3.63) is 34.4 Å². The van der Waals surface area contributed by atoms with E-state index in [1.807, 2.05) is 14.1 Å². The number of ether oxygens (including phenoxy) is 1. The van der Waals surface area contributed by atoms with Gasteiger partial charge >= 0.3 is 0 Å². The number of rotatable bonds is 6. The lowest BCUT2D eigenvalue weighted by atomic mass is 9.94. The molecule has 0 bridgehead atoms. The molecular weight excluding hydrogens is 232 g/mol. The van der Waals surface area contributed by atoms with E-state index in [0.29, 0.717) is 12.4 Å². The lowest BCUT2D eigenvalue weighted by Gasteiger charge is -2.28. The van der Waals surface area contributed by atoms with Gasteiger partial charge in [0.2, 0.25) is 0 Å². The number of hydrogen-bond donors (Lipinski definition) is 0. The highest BCUT2D eigenvalue weighted by Crippen LogP contribution is 2.21. The zero-order chi connectivity index (χ0) is 13.8. The van der Waals surface area contributed by atoms with Crippen LogP contribution in [0.15, 0.2) is 24.3 Å². The monoisotopic (exact) mass is 252 g/mol. The van der Waals surface area contributed by atoms with Gasteiger partial charge in [-0.25, -0.2) is 0 Å². The van der Waals surface area contributed by atoms with Crippen molar-refractivity contribution >= 4 is 5.69 Å². The number of non-ortho nitro benzene ring substituents is 1. The van der Waals surface area contributed by atoms with Crippen molar-refractivity contribution < 1.29 is 9.66 Å². The molecule has 0 aliphatic heterocycles. The van der Waals surface area contributed by atoms with Gasteiger partial charge in [0.05, 0.1) is 11.5 Å². The molecule has 1 rings (SSSR count). The molecule has 0 saturated heterocycles. The summed E-state index contributed by atoms with van der Waals surface area (Å²) in [6.45, 7) is 5.74. The first-order valence-corrected chi connectivity index (χ1v) is 5.82. The number of nitro benzene ring substituents is 1. The molecule has 0 heterocycles. The average molecular weight is 252 g/mol. The number of nitro groups is 1. The van der Waals surface area contributed by atoms with Gasteiger partial charge in [0.15, 0.2) is 0 Å². The molecule has 0 unspecified atom stereocenters. The predicted octanol–water partition coefficient (Wildman–Crippen LogP) is 2.56. The van der Waals surface area contributed by atoms with Crippen molar-refractivity contribution in [2.75, 3.05) is 27.2 Å². The smallest absolute Gasteiger partial charge is 0.269 e. The van der Waals surface area contributed by atoms with Crippen LogP contribution in [0.5, 0.6) is 5.75 Å². The van der Waals surface area contributed by atoms with Crippen molar-refractivity contribution in [3.8, 4) is 5.75 Å². The molecular formula is C13H20N2O3. The fourth-order valence-corrected chi connectivity index (χ4v) is 1.84. The molecule has 0 atom stereocenters. The minimum Gasteiger partial charge on any atom is -0.493 e. The first-order valence-electron chi connectivity index (χ1n) is 5.82. The maximum Gasteiger partial charge on any atom is 0.269 e. The summed E-state index contributed by atoms with van der Waals surface area (Å²) in [5.41, 5.74) is 0.112. The van der Waals surface area contributed by atoms with E-state index in [-0.39, 0.29) is 11.1 Å². The topological polar surface area (TPSA) is 55.6 Å². The van der Waals surface area contributed by atoms with Crippen molar-refractivity contribution in [1.29, 1.82) is 0 Å². The molecule has 0 aliphatic carbocycles. The molecule has 0 amide bonds. The third-order valence-electron chi connectivity index (χ3n) is 2.42. The Balaban J connectivity index is 2.55. The van der Waals surface area contributed by atoms with Crippen molar-refractivity contribution in [3.63, 3.8) is 0 Å². The maximum absolute atomic E-state index is 10.5. The third-order valence-corrected chi connectivity index (χ3v) is 2.42. The Morgan fingerprint density at radius 3 is 2.28 bits per heavy atom. The number of benzene rings is 1. The van der Waals surface area contributed by atoms with E-state index >= 15 is 0 Å². The van der Waals surface area contributed by atoms with Crippen LogP contribution in [0.25, 0.3) is 0 Å². The second kappa shape index (κ2) is 5.82. The fraction of sp³-hybridized carbons (Fsp3) is 0.538. The van der Waals surface area contributed by atoms with Crippen LogP contribution >= 0.6 is 0 Å². The fourth-order valence-electron chi connectivity index (χ4n) is 1.84. The lowest BCUT2D eigenvalue weighted by molar-refractivity contribution is -0.384. The van der Waals surface area contributed by atoms with Gasteiger partial charge in [0.1, 0.15) is 5.75 Å². The molecule has 18 heavy (non-hydrogen) atoms. The molecule has 100 valence electrons. The predicted molar refractivity (Wildman–Crippen MR) is 70.9 cm³/mol. The summed E-state index contributed by atoms with van der Waals surface area (Å²) in [5, 5.41) is 10.5. The van der Waals surface area contributed by atoms with E-state index in [0.717, 1.165) is 6.54 Å². The molecule has 0 saturated carbocycles. The summed E-state index contributed by atoms with van der Waals surface area (Å²) in [6.07, 6.45) is 0. The van der Waals surface area contributed by atoms with Gasteiger partial charge < -0.3 is 9.64 Å². The largest absolute Gasteiger partial charge is 0.493 e. The van der Waals surface area contributed by atoms with Gasteiger partial charge in [-0.15, -0.1) is 0 Å².